The van der Waals surface area contributed by atoms with Crippen LogP contribution in [-0.2, 0) is 0 Å². The second kappa shape index (κ2) is 4.78. The highest BCUT2D eigenvalue weighted by Gasteiger charge is 2.14. The molecule has 19 heavy (non-hydrogen) atoms. The summed E-state index contributed by atoms with van der Waals surface area (Å²) in [5.41, 5.74) is 1.22. The van der Waals surface area contributed by atoms with Crippen LogP contribution in [0, 0.1) is 5.82 Å². The van der Waals surface area contributed by atoms with Gasteiger partial charge in [-0.3, -0.25) is 4.98 Å². The number of benzene rings is 2. The predicted molar refractivity (Wildman–Crippen MR) is 72.2 cm³/mol. The number of rotatable bonds is 2. The Labute approximate surface area is 110 Å². The number of aliphatic hydroxyl groups excluding tert-OH is 1. The van der Waals surface area contributed by atoms with Crippen molar-refractivity contribution in [2.24, 2.45) is 0 Å². The smallest absolute Gasteiger partial charge is 0.123 e. The Morgan fingerprint density at radius 1 is 0.947 bits per heavy atom. The van der Waals surface area contributed by atoms with Gasteiger partial charge in [0.1, 0.15) is 11.9 Å². The van der Waals surface area contributed by atoms with Crippen molar-refractivity contribution >= 4 is 10.8 Å². The van der Waals surface area contributed by atoms with Crippen LogP contribution in [0.1, 0.15) is 17.4 Å². The van der Waals surface area contributed by atoms with Gasteiger partial charge in [0, 0.05) is 11.6 Å². The molecule has 0 spiro atoms. The van der Waals surface area contributed by atoms with Crippen molar-refractivity contribution in [1.82, 2.24) is 4.98 Å². The van der Waals surface area contributed by atoms with E-state index in [1.165, 1.54) is 12.1 Å². The van der Waals surface area contributed by atoms with E-state index in [2.05, 4.69) is 4.98 Å². The van der Waals surface area contributed by atoms with Gasteiger partial charge >= 0.3 is 0 Å². The summed E-state index contributed by atoms with van der Waals surface area (Å²) in [6.07, 6.45) is 0.816. The SMILES string of the molecule is OC(c1ccc(F)cc1)c1nccc2ccccc12. The maximum atomic E-state index is 12.9. The van der Waals surface area contributed by atoms with E-state index in [9.17, 15) is 9.50 Å². The van der Waals surface area contributed by atoms with Crippen molar-refractivity contribution in [3.63, 3.8) is 0 Å². The summed E-state index contributed by atoms with van der Waals surface area (Å²) in [6.45, 7) is 0. The first-order valence-electron chi connectivity index (χ1n) is 6.03. The van der Waals surface area contributed by atoms with Crippen molar-refractivity contribution < 1.29 is 9.50 Å². The Bertz CT molecular complexity index is 704. The topological polar surface area (TPSA) is 33.1 Å². The maximum Gasteiger partial charge on any atom is 0.123 e. The molecule has 1 aromatic heterocycles. The summed E-state index contributed by atoms with van der Waals surface area (Å²) in [5.74, 6) is -0.318. The molecule has 1 heterocycles. The standard InChI is InChI=1S/C16H12FNO/c17-13-7-5-12(6-8-13)16(19)15-14-4-2-1-3-11(14)9-10-18-15/h1-10,16,19H. The Hall–Kier alpha value is -2.26. The van der Waals surface area contributed by atoms with E-state index >= 15 is 0 Å². The van der Waals surface area contributed by atoms with Crippen LogP contribution in [0.15, 0.2) is 60.8 Å². The lowest BCUT2D eigenvalue weighted by Crippen LogP contribution is -2.03. The molecule has 0 amide bonds. The molecule has 1 atom stereocenters. The number of halogens is 1. The van der Waals surface area contributed by atoms with Gasteiger partial charge in [0.05, 0.1) is 5.69 Å². The first-order chi connectivity index (χ1) is 9.25. The van der Waals surface area contributed by atoms with E-state index in [0.717, 1.165) is 10.8 Å². The number of pyridine rings is 1. The molecule has 0 aliphatic carbocycles. The lowest BCUT2D eigenvalue weighted by Gasteiger charge is -2.13. The van der Waals surface area contributed by atoms with E-state index < -0.39 is 6.10 Å². The second-order valence-corrected chi connectivity index (χ2v) is 4.37. The molecule has 3 rings (SSSR count). The summed E-state index contributed by atoms with van der Waals surface area (Å²) in [5, 5.41) is 12.3. The molecule has 0 saturated heterocycles. The lowest BCUT2D eigenvalue weighted by atomic mass is 10.0. The van der Waals surface area contributed by atoms with Crippen LogP contribution >= 0.6 is 0 Å². The Morgan fingerprint density at radius 3 is 2.47 bits per heavy atom. The molecular weight excluding hydrogens is 241 g/mol. The molecule has 3 heteroatoms. The zero-order valence-corrected chi connectivity index (χ0v) is 10.1. The van der Waals surface area contributed by atoms with Crippen molar-refractivity contribution in [3.8, 4) is 0 Å². The molecule has 0 bridgehead atoms. The highest BCUT2D eigenvalue weighted by atomic mass is 19.1. The van der Waals surface area contributed by atoms with Gasteiger partial charge in [0.25, 0.3) is 0 Å². The summed E-state index contributed by atoms with van der Waals surface area (Å²) in [7, 11) is 0. The van der Waals surface area contributed by atoms with Gasteiger partial charge in [-0.25, -0.2) is 4.39 Å². The van der Waals surface area contributed by atoms with E-state index in [-0.39, 0.29) is 5.82 Å². The van der Waals surface area contributed by atoms with Gasteiger partial charge in [0.15, 0.2) is 0 Å². The van der Waals surface area contributed by atoms with Gasteiger partial charge in [-0.05, 0) is 29.1 Å². The number of hydrogen-bond donors (Lipinski definition) is 1. The first kappa shape index (κ1) is 11.8. The van der Waals surface area contributed by atoms with Crippen molar-refractivity contribution in [2.75, 3.05) is 0 Å². The minimum absolute atomic E-state index is 0.318. The van der Waals surface area contributed by atoms with Gasteiger partial charge in [0.2, 0.25) is 0 Å². The van der Waals surface area contributed by atoms with Crippen LogP contribution < -0.4 is 0 Å². The third-order valence-corrected chi connectivity index (χ3v) is 3.15. The van der Waals surface area contributed by atoms with E-state index in [0.29, 0.717) is 11.3 Å². The highest BCUT2D eigenvalue weighted by molar-refractivity contribution is 5.84. The third-order valence-electron chi connectivity index (χ3n) is 3.15. The van der Waals surface area contributed by atoms with E-state index in [1.54, 1.807) is 18.3 Å². The van der Waals surface area contributed by atoms with Crippen LogP contribution in [-0.4, -0.2) is 10.1 Å². The van der Waals surface area contributed by atoms with E-state index in [1.807, 2.05) is 30.3 Å². The number of nitrogens with zero attached hydrogens (tertiary/aromatic N) is 1. The maximum absolute atomic E-state index is 12.9. The highest BCUT2D eigenvalue weighted by Crippen LogP contribution is 2.26. The summed E-state index contributed by atoms with van der Waals surface area (Å²) in [4.78, 5) is 4.26. The summed E-state index contributed by atoms with van der Waals surface area (Å²) in [6, 6.07) is 15.5. The zero-order valence-electron chi connectivity index (χ0n) is 10.1. The van der Waals surface area contributed by atoms with Crippen molar-refractivity contribution in [3.05, 3.63) is 77.9 Å². The molecule has 0 fully saturated rings. The van der Waals surface area contributed by atoms with Crippen LogP contribution in [0.4, 0.5) is 4.39 Å². The van der Waals surface area contributed by atoms with E-state index in [4.69, 9.17) is 0 Å². The molecule has 0 aliphatic rings. The van der Waals surface area contributed by atoms with Gasteiger partial charge in [-0.1, -0.05) is 36.4 Å². The quantitative estimate of drug-likeness (QED) is 0.758. The van der Waals surface area contributed by atoms with Crippen LogP contribution in [0.25, 0.3) is 10.8 Å². The monoisotopic (exact) mass is 253 g/mol. The number of fused-ring (bicyclic) bond motifs is 1. The number of hydrogen-bond acceptors (Lipinski definition) is 2. The fourth-order valence-corrected chi connectivity index (χ4v) is 2.16. The average molecular weight is 253 g/mol. The summed E-state index contributed by atoms with van der Waals surface area (Å²) < 4.78 is 12.9. The molecular formula is C16H12FNO. The second-order valence-electron chi connectivity index (χ2n) is 4.37. The zero-order chi connectivity index (χ0) is 13.2. The van der Waals surface area contributed by atoms with Crippen molar-refractivity contribution in [2.45, 2.75) is 6.10 Å². The summed E-state index contributed by atoms with van der Waals surface area (Å²) >= 11 is 0. The van der Waals surface area contributed by atoms with Crippen LogP contribution in [0.5, 0.6) is 0 Å². The molecule has 1 N–H and O–H groups in total. The largest absolute Gasteiger partial charge is 0.382 e. The van der Waals surface area contributed by atoms with Crippen LogP contribution in [0.3, 0.4) is 0 Å². The third kappa shape index (κ3) is 2.20. The number of aromatic nitrogens is 1. The normalized spacial score (nSPS) is 12.5. The fraction of sp³-hybridized carbons (Fsp3) is 0.0625. The molecule has 2 nitrogen and oxygen atoms in total. The van der Waals surface area contributed by atoms with Crippen LogP contribution in [0.2, 0.25) is 0 Å². The van der Waals surface area contributed by atoms with Gasteiger partial charge in [-0.15, -0.1) is 0 Å². The predicted octanol–water partition coefficient (Wildman–Crippen LogP) is 3.46. The Morgan fingerprint density at radius 2 is 1.68 bits per heavy atom. The average Bonchev–Trinajstić information content (AvgIpc) is 2.47. The molecule has 3 aromatic rings. The molecule has 2 aromatic carbocycles. The van der Waals surface area contributed by atoms with Crippen molar-refractivity contribution in [1.29, 1.82) is 0 Å². The number of aliphatic hydroxyl groups is 1. The Balaban J connectivity index is 2.11. The first-order valence-corrected chi connectivity index (χ1v) is 6.03. The fourth-order valence-electron chi connectivity index (χ4n) is 2.16. The lowest BCUT2D eigenvalue weighted by molar-refractivity contribution is 0.217. The van der Waals surface area contributed by atoms with Gasteiger partial charge < -0.3 is 5.11 Å². The van der Waals surface area contributed by atoms with Gasteiger partial charge in [-0.2, -0.15) is 0 Å². The molecule has 0 saturated carbocycles. The molecule has 0 radical (unpaired) electrons. The minimum Gasteiger partial charge on any atom is -0.382 e. The molecule has 0 aliphatic heterocycles. The molecule has 94 valence electrons. The minimum atomic E-state index is -0.855. The molecule has 1 unspecified atom stereocenters. The Kier molecular flexibility index (Phi) is 2.97.